The van der Waals surface area contributed by atoms with Crippen molar-refractivity contribution in [3.63, 3.8) is 0 Å². The second kappa shape index (κ2) is 5.86. The van der Waals surface area contributed by atoms with E-state index in [0.717, 1.165) is 11.5 Å². The molecular formula is C29H22BNO. The minimum absolute atomic E-state index is 0.217. The first kappa shape index (κ1) is 17.1. The number of benzene rings is 4. The molecular weight excluding hydrogens is 389 g/mol. The second-order valence-corrected chi connectivity index (χ2v) is 9.74. The molecule has 4 aliphatic rings. The fourth-order valence-corrected chi connectivity index (χ4v) is 6.12. The number of nitrogens with zero attached hydrogens (tertiary/aromatic N) is 1. The molecule has 0 amide bonds. The Morgan fingerprint density at radius 2 is 1.47 bits per heavy atom. The van der Waals surface area contributed by atoms with Gasteiger partial charge in [0.1, 0.15) is 11.5 Å². The summed E-state index contributed by atoms with van der Waals surface area (Å²) in [5.41, 5.74) is 15.1. The van der Waals surface area contributed by atoms with Crippen LogP contribution >= 0.6 is 0 Å². The molecule has 152 valence electrons. The van der Waals surface area contributed by atoms with E-state index >= 15 is 0 Å². The molecule has 0 saturated heterocycles. The zero-order valence-corrected chi connectivity index (χ0v) is 18.1. The average molecular weight is 411 g/mol. The van der Waals surface area contributed by atoms with Crippen molar-refractivity contribution in [3.8, 4) is 11.5 Å². The van der Waals surface area contributed by atoms with Gasteiger partial charge in [0, 0.05) is 17.1 Å². The van der Waals surface area contributed by atoms with E-state index in [9.17, 15) is 0 Å². The van der Waals surface area contributed by atoms with Gasteiger partial charge in [-0.05, 0) is 113 Å². The quantitative estimate of drug-likeness (QED) is 0.367. The maximum Gasteiger partial charge on any atom is 0.256 e. The first-order valence-electron chi connectivity index (χ1n) is 11.7. The molecule has 0 saturated carbocycles. The minimum Gasteiger partial charge on any atom is -0.458 e. The highest BCUT2D eigenvalue weighted by Gasteiger charge is 2.42. The largest absolute Gasteiger partial charge is 0.458 e. The minimum atomic E-state index is 0.217. The van der Waals surface area contributed by atoms with E-state index in [1.54, 1.807) is 0 Å². The first-order valence-corrected chi connectivity index (χ1v) is 11.7. The van der Waals surface area contributed by atoms with Crippen LogP contribution in [0.3, 0.4) is 0 Å². The van der Waals surface area contributed by atoms with Gasteiger partial charge in [0.15, 0.2) is 0 Å². The smallest absolute Gasteiger partial charge is 0.256 e. The highest BCUT2D eigenvalue weighted by Crippen LogP contribution is 2.43. The summed E-state index contributed by atoms with van der Waals surface area (Å²) in [6.07, 6.45) is 4.79. The van der Waals surface area contributed by atoms with Crippen LogP contribution in [0.1, 0.15) is 27.8 Å². The van der Waals surface area contributed by atoms with Crippen LogP contribution in [0.4, 0.5) is 17.1 Å². The van der Waals surface area contributed by atoms with Gasteiger partial charge < -0.3 is 9.64 Å². The summed E-state index contributed by atoms with van der Waals surface area (Å²) in [5.74, 6) is 2.00. The number of fused-ring (bicyclic) bond motifs is 6. The maximum absolute atomic E-state index is 6.50. The topological polar surface area (TPSA) is 12.5 Å². The number of para-hydroxylation sites is 1. The Hall–Kier alpha value is -3.46. The highest BCUT2D eigenvalue weighted by atomic mass is 16.5. The van der Waals surface area contributed by atoms with Crippen molar-refractivity contribution in [2.45, 2.75) is 32.6 Å². The molecule has 2 aliphatic carbocycles. The predicted octanol–water partition coefficient (Wildman–Crippen LogP) is 4.60. The molecule has 2 nitrogen and oxygen atoms in total. The lowest BCUT2D eigenvalue weighted by Crippen LogP contribution is -2.59. The standard InChI is InChI=1S/C29H22BNO/c1-17-12-26-29-28(13-17)32-27-5-3-2-4-23(27)30(29)24-15-20-8-9-21(20)16-25(24)31(26)22-11-10-18-6-7-19(18)14-22/h2-5,10-16H,6-9H2,1H3. The maximum atomic E-state index is 6.50. The molecule has 0 unspecified atom stereocenters. The van der Waals surface area contributed by atoms with Gasteiger partial charge >= 0.3 is 0 Å². The molecule has 0 fully saturated rings. The zero-order valence-electron chi connectivity index (χ0n) is 18.1. The van der Waals surface area contributed by atoms with Crippen LogP contribution in [0.2, 0.25) is 0 Å². The molecule has 0 bridgehead atoms. The fraction of sp³-hybridized carbons (Fsp3) is 0.172. The average Bonchev–Trinajstić information content (AvgIpc) is 2.76. The third-order valence-electron chi connectivity index (χ3n) is 7.92. The van der Waals surface area contributed by atoms with Crippen molar-refractivity contribution in [1.29, 1.82) is 0 Å². The lowest BCUT2D eigenvalue weighted by atomic mass is 9.34. The van der Waals surface area contributed by atoms with Gasteiger partial charge in [-0.1, -0.05) is 30.3 Å². The van der Waals surface area contributed by atoms with Crippen molar-refractivity contribution in [3.05, 3.63) is 94.5 Å². The van der Waals surface area contributed by atoms with Crippen LogP contribution in [-0.2, 0) is 25.7 Å². The van der Waals surface area contributed by atoms with Crippen molar-refractivity contribution < 1.29 is 4.74 Å². The van der Waals surface area contributed by atoms with Crippen molar-refractivity contribution >= 4 is 40.2 Å². The molecule has 2 aliphatic heterocycles. The third kappa shape index (κ3) is 2.11. The van der Waals surface area contributed by atoms with Crippen molar-refractivity contribution in [2.24, 2.45) is 0 Å². The van der Waals surface area contributed by atoms with Crippen LogP contribution in [0.15, 0.2) is 66.7 Å². The van der Waals surface area contributed by atoms with E-state index in [4.69, 9.17) is 4.74 Å². The third-order valence-corrected chi connectivity index (χ3v) is 7.92. The zero-order chi connectivity index (χ0) is 21.0. The van der Waals surface area contributed by atoms with E-state index in [1.165, 1.54) is 87.0 Å². The Morgan fingerprint density at radius 1 is 0.688 bits per heavy atom. The first-order chi connectivity index (χ1) is 15.7. The summed E-state index contributed by atoms with van der Waals surface area (Å²) in [4.78, 5) is 2.51. The molecule has 2 heterocycles. The van der Waals surface area contributed by atoms with Crippen LogP contribution in [0.25, 0.3) is 0 Å². The number of anilines is 3. The van der Waals surface area contributed by atoms with Gasteiger partial charge in [-0.25, -0.2) is 0 Å². The van der Waals surface area contributed by atoms with E-state index in [-0.39, 0.29) is 6.71 Å². The second-order valence-electron chi connectivity index (χ2n) is 9.74. The summed E-state index contributed by atoms with van der Waals surface area (Å²) in [6, 6.07) is 25.2. The Kier molecular flexibility index (Phi) is 3.14. The summed E-state index contributed by atoms with van der Waals surface area (Å²) >= 11 is 0. The van der Waals surface area contributed by atoms with Gasteiger partial charge in [-0.3, -0.25) is 0 Å². The van der Waals surface area contributed by atoms with Gasteiger partial charge in [-0.2, -0.15) is 0 Å². The normalized spacial score (nSPS) is 15.9. The predicted molar refractivity (Wildman–Crippen MR) is 132 cm³/mol. The molecule has 3 heteroatoms. The number of rotatable bonds is 1. The molecule has 0 radical (unpaired) electrons. The molecule has 0 N–H and O–H groups in total. The van der Waals surface area contributed by atoms with Gasteiger partial charge in [0.2, 0.25) is 0 Å². The van der Waals surface area contributed by atoms with Crippen molar-refractivity contribution in [2.75, 3.05) is 4.90 Å². The number of aryl methyl sites for hydroxylation is 5. The Morgan fingerprint density at radius 3 is 2.28 bits per heavy atom. The van der Waals surface area contributed by atoms with Gasteiger partial charge in [-0.15, -0.1) is 0 Å². The molecule has 0 atom stereocenters. The van der Waals surface area contributed by atoms with Crippen LogP contribution in [0, 0.1) is 6.92 Å². The van der Waals surface area contributed by atoms with E-state index in [2.05, 4.69) is 78.6 Å². The number of ether oxygens (including phenoxy) is 1. The van der Waals surface area contributed by atoms with E-state index < -0.39 is 0 Å². The molecule has 0 aromatic heterocycles. The van der Waals surface area contributed by atoms with Crippen LogP contribution in [0.5, 0.6) is 11.5 Å². The Bertz CT molecular complexity index is 1490. The van der Waals surface area contributed by atoms with Crippen LogP contribution < -0.4 is 26.0 Å². The lowest BCUT2D eigenvalue weighted by Gasteiger charge is -2.42. The summed E-state index contributed by atoms with van der Waals surface area (Å²) in [6.45, 7) is 2.40. The summed E-state index contributed by atoms with van der Waals surface area (Å²) in [7, 11) is 0. The SMILES string of the molecule is Cc1cc2c3c(c1)N(c1ccc4c(c1)CC4)c1cc4c(cc1B3c1ccccc1O2)CC4. The van der Waals surface area contributed by atoms with Gasteiger partial charge in [0.05, 0.1) is 0 Å². The number of hydrogen-bond donors (Lipinski definition) is 0. The molecule has 0 spiro atoms. The van der Waals surface area contributed by atoms with E-state index in [0.29, 0.717) is 0 Å². The van der Waals surface area contributed by atoms with Crippen molar-refractivity contribution in [1.82, 2.24) is 0 Å². The van der Waals surface area contributed by atoms with Gasteiger partial charge in [0.25, 0.3) is 6.71 Å². The molecule has 4 aromatic rings. The summed E-state index contributed by atoms with van der Waals surface area (Å²) in [5, 5.41) is 0. The Balaban J connectivity index is 1.47. The molecule has 4 aromatic carbocycles. The van der Waals surface area contributed by atoms with Crippen LogP contribution in [-0.4, -0.2) is 6.71 Å². The monoisotopic (exact) mass is 411 g/mol. The highest BCUT2D eigenvalue weighted by molar-refractivity contribution is 6.99. The Labute approximate surface area is 188 Å². The lowest BCUT2D eigenvalue weighted by molar-refractivity contribution is 0.487. The number of hydrogen-bond acceptors (Lipinski definition) is 2. The molecule has 32 heavy (non-hydrogen) atoms. The summed E-state index contributed by atoms with van der Waals surface area (Å²) < 4.78 is 6.50. The fourth-order valence-electron chi connectivity index (χ4n) is 6.12. The van der Waals surface area contributed by atoms with E-state index in [1.807, 2.05) is 0 Å². The molecule has 8 rings (SSSR count).